The molecule has 37 heavy (non-hydrogen) atoms. The van der Waals surface area contributed by atoms with Crippen molar-refractivity contribution in [1.29, 1.82) is 0 Å². The normalized spacial score (nSPS) is 42.5. The molecule has 0 saturated heterocycles. The number of Topliss-reactive ketones (excluding diaryl/α,β-unsaturated/α-hetero) is 3. The molecule has 7 nitrogen and oxygen atoms in total. The van der Waals surface area contributed by atoms with E-state index >= 15 is 0 Å². The molecular formula is C30H44O7. The number of carboxylic acids is 1. The molecule has 0 aromatic heterocycles. The zero-order valence-electron chi connectivity index (χ0n) is 23.4. The summed E-state index contributed by atoms with van der Waals surface area (Å²) in [7, 11) is 0. The number of allylic oxidation sites excluding steroid dienone is 1. The summed E-state index contributed by atoms with van der Waals surface area (Å²) in [5, 5.41) is 31.6. The average Bonchev–Trinajstić information content (AvgIpc) is 2.99. The summed E-state index contributed by atoms with van der Waals surface area (Å²) in [6.45, 7) is 13.4. The van der Waals surface area contributed by atoms with Gasteiger partial charge < -0.3 is 15.3 Å². The maximum atomic E-state index is 14.1. The first-order valence-electron chi connectivity index (χ1n) is 13.8. The summed E-state index contributed by atoms with van der Waals surface area (Å²) in [5.41, 5.74) is -1.55. The molecule has 0 spiro atoms. The summed E-state index contributed by atoms with van der Waals surface area (Å²) < 4.78 is 0. The second-order valence-corrected chi connectivity index (χ2v) is 13.9. The van der Waals surface area contributed by atoms with Gasteiger partial charge in [-0.25, -0.2) is 0 Å². The maximum absolute atomic E-state index is 14.1. The number of ketones is 3. The van der Waals surface area contributed by atoms with Gasteiger partial charge in [-0.3, -0.25) is 19.2 Å². The first-order chi connectivity index (χ1) is 16.9. The molecule has 4 aliphatic carbocycles. The van der Waals surface area contributed by atoms with E-state index in [9.17, 15) is 34.5 Å². The Labute approximate surface area is 220 Å². The molecule has 0 aromatic carbocycles. The van der Waals surface area contributed by atoms with E-state index in [1.54, 1.807) is 0 Å². The molecule has 0 aromatic rings. The van der Waals surface area contributed by atoms with Crippen molar-refractivity contribution in [1.82, 2.24) is 0 Å². The van der Waals surface area contributed by atoms with Gasteiger partial charge in [0.1, 0.15) is 11.6 Å². The fourth-order valence-electron chi connectivity index (χ4n) is 9.12. The Morgan fingerprint density at radius 2 is 1.65 bits per heavy atom. The van der Waals surface area contributed by atoms with E-state index in [-0.39, 0.29) is 60.8 Å². The minimum absolute atomic E-state index is 0.00871. The lowest BCUT2D eigenvalue weighted by atomic mass is 9.42. The first-order valence-corrected chi connectivity index (χ1v) is 13.8. The second kappa shape index (κ2) is 8.84. The summed E-state index contributed by atoms with van der Waals surface area (Å²) >= 11 is 0. The zero-order valence-corrected chi connectivity index (χ0v) is 23.4. The number of carbonyl (C=O) groups is 4. The van der Waals surface area contributed by atoms with E-state index in [1.165, 1.54) is 6.92 Å². The third-order valence-electron chi connectivity index (χ3n) is 11.6. The Balaban J connectivity index is 1.74. The Morgan fingerprint density at radius 1 is 1.03 bits per heavy atom. The van der Waals surface area contributed by atoms with E-state index in [2.05, 4.69) is 6.92 Å². The SMILES string of the molecule is C[C@H](CC(=O)C[C@@H](C)[C@@H]1CC(=O)[C@@]2(C)C3=C(C(=O)C[C@]12C)[C@@]1(C)CC[C@H](O)C(C)(C)[C@@H]1C[C@H]3O)C(=O)O. The van der Waals surface area contributed by atoms with Crippen LogP contribution < -0.4 is 0 Å². The van der Waals surface area contributed by atoms with E-state index in [0.717, 1.165) is 0 Å². The van der Waals surface area contributed by atoms with Crippen LogP contribution in [-0.2, 0) is 19.2 Å². The first kappa shape index (κ1) is 28.2. The third kappa shape index (κ3) is 3.82. The lowest BCUT2D eigenvalue weighted by Gasteiger charge is -2.61. The van der Waals surface area contributed by atoms with Gasteiger partial charge in [0, 0.05) is 31.3 Å². The molecule has 0 bridgehead atoms. The maximum Gasteiger partial charge on any atom is 0.306 e. The van der Waals surface area contributed by atoms with Crippen molar-refractivity contribution in [3.63, 3.8) is 0 Å². The summed E-state index contributed by atoms with van der Waals surface area (Å²) in [6, 6.07) is 0. The third-order valence-corrected chi connectivity index (χ3v) is 11.6. The van der Waals surface area contributed by atoms with Crippen molar-refractivity contribution in [2.75, 3.05) is 0 Å². The highest BCUT2D eigenvalue weighted by atomic mass is 16.4. The van der Waals surface area contributed by atoms with Gasteiger partial charge >= 0.3 is 5.97 Å². The van der Waals surface area contributed by atoms with Crippen molar-refractivity contribution in [2.24, 2.45) is 45.3 Å². The zero-order chi connectivity index (χ0) is 27.9. The largest absolute Gasteiger partial charge is 0.481 e. The van der Waals surface area contributed by atoms with Crippen LogP contribution in [0.2, 0.25) is 0 Å². The molecule has 3 N–H and O–H groups in total. The molecule has 0 unspecified atom stereocenters. The number of aliphatic carboxylic acids is 1. The molecular weight excluding hydrogens is 472 g/mol. The summed E-state index contributed by atoms with van der Waals surface area (Å²) in [5.74, 6) is -2.45. The van der Waals surface area contributed by atoms with E-state index < -0.39 is 45.8 Å². The van der Waals surface area contributed by atoms with Crippen LogP contribution in [0.1, 0.15) is 93.4 Å². The predicted octanol–water partition coefficient (Wildman–Crippen LogP) is 4.13. The average molecular weight is 517 g/mol. The smallest absolute Gasteiger partial charge is 0.306 e. The van der Waals surface area contributed by atoms with Crippen LogP contribution in [0.3, 0.4) is 0 Å². The van der Waals surface area contributed by atoms with Crippen LogP contribution in [0.5, 0.6) is 0 Å². The number of aliphatic hydroxyl groups is 2. The Hall–Kier alpha value is -1.86. The number of hydrogen-bond acceptors (Lipinski definition) is 6. The minimum Gasteiger partial charge on any atom is -0.481 e. The van der Waals surface area contributed by atoms with Gasteiger partial charge in [0.25, 0.3) is 0 Å². The Morgan fingerprint density at radius 3 is 2.24 bits per heavy atom. The molecule has 9 atom stereocenters. The van der Waals surface area contributed by atoms with Gasteiger partial charge in [-0.1, -0.05) is 41.5 Å². The molecule has 7 heteroatoms. The highest BCUT2D eigenvalue weighted by Gasteiger charge is 2.70. The Bertz CT molecular complexity index is 1070. The van der Waals surface area contributed by atoms with Crippen molar-refractivity contribution in [3.05, 3.63) is 11.1 Å². The lowest BCUT2D eigenvalue weighted by molar-refractivity contribution is -0.144. The molecule has 4 aliphatic rings. The van der Waals surface area contributed by atoms with E-state index in [1.807, 2.05) is 34.6 Å². The van der Waals surface area contributed by atoms with Crippen LogP contribution in [0.15, 0.2) is 11.1 Å². The quantitative estimate of drug-likeness (QED) is 0.484. The van der Waals surface area contributed by atoms with E-state index in [0.29, 0.717) is 30.4 Å². The highest BCUT2D eigenvalue weighted by molar-refractivity contribution is 6.05. The Kier molecular flexibility index (Phi) is 6.72. The highest BCUT2D eigenvalue weighted by Crippen LogP contribution is 2.70. The number of carboxylic acid groups (broad SMARTS) is 1. The standard InChI is InChI=1S/C30H44O7/c1-15(10-17(31)11-16(2)26(36)37)18-12-23(35)30(7)25-19(32)13-21-27(3,4)22(34)8-9-28(21,5)24(25)20(33)14-29(18,30)6/h15-16,18-19,21-22,32,34H,8-14H2,1-7H3,(H,36,37)/t15-,16-,18+,19-,21+,22+,28+,29-,30+/m1/s1. The van der Waals surface area contributed by atoms with Crippen molar-refractivity contribution in [3.8, 4) is 0 Å². The van der Waals surface area contributed by atoms with Gasteiger partial charge in [-0.2, -0.15) is 0 Å². The molecule has 4 rings (SSSR count). The number of aliphatic hydroxyl groups excluding tert-OH is 2. The van der Waals surface area contributed by atoms with Crippen LogP contribution in [0, 0.1) is 45.3 Å². The number of carbonyl (C=O) groups excluding carboxylic acids is 3. The summed E-state index contributed by atoms with van der Waals surface area (Å²) in [4.78, 5) is 51.9. The van der Waals surface area contributed by atoms with Gasteiger partial charge in [0.05, 0.1) is 23.5 Å². The fourth-order valence-corrected chi connectivity index (χ4v) is 9.12. The molecule has 2 saturated carbocycles. The van der Waals surface area contributed by atoms with Crippen LogP contribution in [-0.4, -0.2) is 50.8 Å². The van der Waals surface area contributed by atoms with Crippen molar-refractivity contribution in [2.45, 2.75) is 106 Å². The fraction of sp³-hybridized carbons (Fsp3) is 0.800. The van der Waals surface area contributed by atoms with Crippen molar-refractivity contribution >= 4 is 23.3 Å². The number of hydrogen-bond donors (Lipinski definition) is 3. The number of fused-ring (bicyclic) bond motifs is 4. The molecule has 206 valence electrons. The predicted molar refractivity (Wildman–Crippen MR) is 137 cm³/mol. The topological polar surface area (TPSA) is 129 Å². The van der Waals surface area contributed by atoms with E-state index in [4.69, 9.17) is 0 Å². The van der Waals surface area contributed by atoms with Gasteiger partial charge in [-0.15, -0.1) is 0 Å². The van der Waals surface area contributed by atoms with Crippen LogP contribution in [0.25, 0.3) is 0 Å². The van der Waals surface area contributed by atoms with Gasteiger partial charge in [0.2, 0.25) is 0 Å². The molecule has 0 radical (unpaired) electrons. The van der Waals surface area contributed by atoms with Gasteiger partial charge in [0.15, 0.2) is 5.78 Å². The van der Waals surface area contributed by atoms with Crippen molar-refractivity contribution < 1.29 is 34.5 Å². The van der Waals surface area contributed by atoms with Gasteiger partial charge in [-0.05, 0) is 65.8 Å². The molecule has 0 aliphatic heterocycles. The number of rotatable bonds is 6. The summed E-state index contributed by atoms with van der Waals surface area (Å²) in [6.07, 6.45) is 0.671. The molecule has 0 amide bonds. The van der Waals surface area contributed by atoms with Crippen LogP contribution >= 0.6 is 0 Å². The lowest BCUT2D eigenvalue weighted by Crippen LogP contribution is -2.60. The molecule has 2 fully saturated rings. The minimum atomic E-state index is -1.01. The monoisotopic (exact) mass is 516 g/mol. The second-order valence-electron chi connectivity index (χ2n) is 13.9. The molecule has 0 heterocycles. The van der Waals surface area contributed by atoms with Crippen LogP contribution in [0.4, 0.5) is 0 Å².